The Balaban J connectivity index is 3.80. The number of hydrogen-bond donors (Lipinski definition) is 3. The van der Waals surface area contributed by atoms with Crippen molar-refractivity contribution in [3.8, 4) is 0 Å². The number of carbonyl (C=O) groups excluding carboxylic acids is 1. The minimum Gasteiger partial charge on any atom is -0.468 e. The lowest BCUT2D eigenvalue weighted by Gasteiger charge is -2.13. The predicted molar refractivity (Wildman–Crippen MR) is 41.5 cm³/mol. The van der Waals surface area contributed by atoms with Crippen LogP contribution in [0.4, 0.5) is 0 Å². The van der Waals surface area contributed by atoms with Crippen LogP contribution >= 0.6 is 7.60 Å². The second-order valence-corrected chi connectivity index (χ2v) is 4.17. The van der Waals surface area contributed by atoms with Crippen LogP contribution in [0.1, 0.15) is 6.92 Å². The van der Waals surface area contributed by atoms with E-state index in [1.807, 2.05) is 0 Å². The first kappa shape index (κ1) is 11.6. The molecule has 0 spiro atoms. The normalized spacial score (nSPS) is 14.0. The lowest BCUT2D eigenvalue weighted by atomic mass is 10.6. The third-order valence-corrected chi connectivity index (χ3v) is 2.47. The summed E-state index contributed by atoms with van der Waals surface area (Å²) in [6, 6.07) is 0. The van der Waals surface area contributed by atoms with Gasteiger partial charge in [-0.3, -0.25) is 14.7 Å². The van der Waals surface area contributed by atoms with Crippen molar-refractivity contribution in [1.29, 1.82) is 0 Å². The van der Waals surface area contributed by atoms with E-state index < -0.39 is 19.3 Å². The maximum absolute atomic E-state index is 10.5. The van der Waals surface area contributed by atoms with Gasteiger partial charge in [-0.05, 0) is 6.92 Å². The fraction of sp³-hybridized carbons (Fsp3) is 0.800. The van der Waals surface area contributed by atoms with Crippen LogP contribution in [0.15, 0.2) is 0 Å². The highest BCUT2D eigenvalue weighted by Gasteiger charge is 2.23. The fourth-order valence-electron chi connectivity index (χ4n) is 0.422. The summed E-state index contributed by atoms with van der Waals surface area (Å²) >= 11 is 0. The first-order valence-electron chi connectivity index (χ1n) is 3.23. The molecule has 72 valence electrons. The number of hydrogen-bond acceptors (Lipinski definition) is 4. The zero-order valence-corrected chi connectivity index (χ0v) is 7.75. The maximum Gasteiger partial charge on any atom is 0.342 e. The predicted octanol–water partition coefficient (Wildman–Crippen LogP) is -0.727. The molecule has 0 heterocycles. The van der Waals surface area contributed by atoms with Gasteiger partial charge in [-0.2, -0.15) is 0 Å². The van der Waals surface area contributed by atoms with Gasteiger partial charge in [0.25, 0.3) is 0 Å². The van der Waals surface area contributed by atoms with Crippen molar-refractivity contribution in [2.24, 2.45) is 0 Å². The first-order chi connectivity index (χ1) is 5.38. The first-order valence-corrected chi connectivity index (χ1v) is 4.91. The summed E-state index contributed by atoms with van der Waals surface area (Å²) in [5, 5.41) is 2.34. The van der Waals surface area contributed by atoms with Gasteiger partial charge in [0.05, 0.1) is 13.7 Å². The molecule has 1 unspecified atom stereocenters. The van der Waals surface area contributed by atoms with Gasteiger partial charge in [-0.1, -0.05) is 0 Å². The molecule has 0 aromatic rings. The smallest absolute Gasteiger partial charge is 0.342 e. The van der Waals surface area contributed by atoms with E-state index in [1.165, 1.54) is 14.0 Å². The fourth-order valence-corrected chi connectivity index (χ4v) is 0.751. The van der Waals surface area contributed by atoms with Crippen LogP contribution in [0.25, 0.3) is 0 Å². The minimum atomic E-state index is -4.14. The van der Waals surface area contributed by atoms with E-state index in [4.69, 9.17) is 9.79 Å². The molecule has 0 aliphatic rings. The van der Waals surface area contributed by atoms with Gasteiger partial charge in [0, 0.05) is 0 Å². The zero-order valence-electron chi connectivity index (χ0n) is 6.85. The van der Waals surface area contributed by atoms with E-state index >= 15 is 0 Å². The SMILES string of the molecule is COC(=O)CNC(C)P(=O)(O)O. The highest BCUT2D eigenvalue weighted by Crippen LogP contribution is 2.38. The third-order valence-electron chi connectivity index (χ3n) is 1.27. The molecule has 0 radical (unpaired) electrons. The van der Waals surface area contributed by atoms with Crippen molar-refractivity contribution >= 4 is 13.6 Å². The van der Waals surface area contributed by atoms with Crippen LogP contribution in [0.5, 0.6) is 0 Å². The Morgan fingerprint density at radius 1 is 1.67 bits per heavy atom. The summed E-state index contributed by atoms with van der Waals surface area (Å²) in [5.74, 6) is -1.59. The van der Waals surface area contributed by atoms with E-state index in [-0.39, 0.29) is 6.54 Å². The van der Waals surface area contributed by atoms with Gasteiger partial charge in [0.1, 0.15) is 5.78 Å². The molecule has 6 nitrogen and oxygen atoms in total. The van der Waals surface area contributed by atoms with E-state index in [0.29, 0.717) is 0 Å². The molecule has 0 rings (SSSR count). The molecule has 0 saturated carbocycles. The molecule has 0 aromatic heterocycles. The van der Waals surface area contributed by atoms with Crippen molar-refractivity contribution in [3.63, 3.8) is 0 Å². The number of carbonyl (C=O) groups is 1. The van der Waals surface area contributed by atoms with Crippen LogP contribution in [0.2, 0.25) is 0 Å². The van der Waals surface area contributed by atoms with Gasteiger partial charge in [-0.15, -0.1) is 0 Å². The zero-order chi connectivity index (χ0) is 9.78. The largest absolute Gasteiger partial charge is 0.468 e. The topological polar surface area (TPSA) is 95.9 Å². The summed E-state index contributed by atoms with van der Waals surface area (Å²) in [7, 11) is -2.94. The Morgan fingerprint density at radius 3 is 2.50 bits per heavy atom. The van der Waals surface area contributed by atoms with E-state index in [2.05, 4.69) is 10.1 Å². The molecule has 0 bridgehead atoms. The Labute approximate surface area is 70.1 Å². The number of rotatable bonds is 4. The highest BCUT2D eigenvalue weighted by molar-refractivity contribution is 7.52. The number of methoxy groups -OCH3 is 1. The molecule has 0 aliphatic carbocycles. The van der Waals surface area contributed by atoms with Crippen LogP contribution in [-0.2, 0) is 14.1 Å². The summed E-state index contributed by atoms with van der Waals surface area (Å²) in [6.45, 7) is 1.09. The Hall–Kier alpha value is -0.420. The summed E-state index contributed by atoms with van der Waals surface area (Å²) < 4.78 is 14.8. The Morgan fingerprint density at radius 2 is 2.17 bits per heavy atom. The number of esters is 1. The van der Waals surface area contributed by atoms with Crippen molar-refractivity contribution in [3.05, 3.63) is 0 Å². The molecule has 0 amide bonds. The van der Waals surface area contributed by atoms with Gasteiger partial charge < -0.3 is 14.5 Å². The van der Waals surface area contributed by atoms with Gasteiger partial charge in [0.2, 0.25) is 0 Å². The van der Waals surface area contributed by atoms with Crippen molar-refractivity contribution in [1.82, 2.24) is 5.32 Å². The van der Waals surface area contributed by atoms with Crippen LogP contribution in [-0.4, -0.2) is 35.2 Å². The lowest BCUT2D eigenvalue weighted by molar-refractivity contribution is -0.139. The lowest BCUT2D eigenvalue weighted by Crippen LogP contribution is -2.31. The average molecular weight is 197 g/mol. The Kier molecular flexibility index (Phi) is 4.41. The second kappa shape index (κ2) is 4.57. The monoisotopic (exact) mass is 197 g/mol. The Bertz CT molecular complexity index is 200. The van der Waals surface area contributed by atoms with Crippen LogP contribution in [0, 0.1) is 0 Å². The molecule has 3 N–H and O–H groups in total. The van der Waals surface area contributed by atoms with Crippen LogP contribution < -0.4 is 5.32 Å². The quantitative estimate of drug-likeness (QED) is 0.406. The summed E-state index contributed by atoms with van der Waals surface area (Å²) in [6.07, 6.45) is 0. The summed E-state index contributed by atoms with van der Waals surface area (Å²) in [5.41, 5.74) is 0. The molecular weight excluding hydrogens is 185 g/mol. The maximum atomic E-state index is 10.5. The second-order valence-electron chi connectivity index (χ2n) is 2.22. The van der Waals surface area contributed by atoms with Crippen LogP contribution in [0.3, 0.4) is 0 Å². The number of ether oxygens (including phenoxy) is 1. The minimum absolute atomic E-state index is 0.206. The molecular formula is C5H12NO5P. The molecule has 7 heteroatoms. The molecule has 0 saturated heterocycles. The van der Waals surface area contributed by atoms with Gasteiger partial charge in [-0.25, -0.2) is 0 Å². The van der Waals surface area contributed by atoms with Crippen molar-refractivity contribution in [2.75, 3.05) is 13.7 Å². The molecule has 0 aromatic carbocycles. The third kappa shape index (κ3) is 4.46. The van der Waals surface area contributed by atoms with Gasteiger partial charge >= 0.3 is 13.6 Å². The van der Waals surface area contributed by atoms with E-state index in [0.717, 1.165) is 0 Å². The standard InChI is InChI=1S/C5H12NO5P/c1-4(12(8,9)10)6-3-5(7)11-2/h4,6H,3H2,1-2H3,(H2,8,9,10). The molecule has 1 atom stereocenters. The van der Waals surface area contributed by atoms with Crippen molar-refractivity contribution < 1.29 is 23.9 Å². The van der Waals surface area contributed by atoms with E-state index in [1.54, 1.807) is 0 Å². The van der Waals surface area contributed by atoms with E-state index in [9.17, 15) is 9.36 Å². The number of nitrogens with one attached hydrogen (secondary N) is 1. The van der Waals surface area contributed by atoms with Gasteiger partial charge in [0.15, 0.2) is 0 Å². The highest BCUT2D eigenvalue weighted by atomic mass is 31.2. The molecule has 0 aliphatic heterocycles. The molecule has 12 heavy (non-hydrogen) atoms. The molecule has 0 fully saturated rings. The summed E-state index contributed by atoms with van der Waals surface area (Å²) in [4.78, 5) is 27.6. The van der Waals surface area contributed by atoms with Crippen molar-refractivity contribution in [2.45, 2.75) is 12.7 Å². The average Bonchev–Trinajstić information content (AvgIpc) is 1.97.